The molecule has 0 fully saturated rings. The van der Waals surface area contributed by atoms with Gasteiger partial charge in [0.2, 0.25) is 0 Å². The highest BCUT2D eigenvalue weighted by molar-refractivity contribution is 5.96. The fourth-order valence-electron chi connectivity index (χ4n) is 4.06. The molecule has 0 aliphatic rings. The summed E-state index contributed by atoms with van der Waals surface area (Å²) in [6.07, 6.45) is 7.67. The first-order chi connectivity index (χ1) is 17.9. The van der Waals surface area contributed by atoms with Gasteiger partial charge in [0, 0.05) is 48.7 Å². The highest BCUT2D eigenvalue weighted by Crippen LogP contribution is 2.31. The third-order valence-electron chi connectivity index (χ3n) is 7.14. The van der Waals surface area contributed by atoms with Gasteiger partial charge in [0.15, 0.2) is 0 Å². The summed E-state index contributed by atoms with van der Waals surface area (Å²) in [6.45, 7) is 8.70. The number of hydrogen-bond acceptors (Lipinski definition) is 5. The van der Waals surface area contributed by atoms with Gasteiger partial charge >= 0.3 is 0 Å². The molecule has 2 aromatic heterocycles. The van der Waals surface area contributed by atoms with E-state index in [1.54, 1.807) is 9.36 Å². The number of aromatic nitrogens is 4. The van der Waals surface area contributed by atoms with Crippen molar-refractivity contribution in [2.45, 2.75) is 39.3 Å². The first-order valence-electron chi connectivity index (χ1n) is 12.8. The van der Waals surface area contributed by atoms with Gasteiger partial charge < -0.3 is 15.0 Å². The minimum atomic E-state index is -0.230. The van der Waals surface area contributed by atoms with Gasteiger partial charge in [-0.2, -0.15) is 10.2 Å². The number of carbonyl (C=O) groups is 1. The van der Waals surface area contributed by atoms with E-state index in [2.05, 4.69) is 52.5 Å². The predicted molar refractivity (Wildman–Crippen MR) is 151 cm³/mol. The van der Waals surface area contributed by atoms with Crippen molar-refractivity contribution in [1.29, 1.82) is 0 Å². The standard InChI is InChI=1S/C30H38N6O2/c1-20-9-10-27(38-19-30(3,4)34(5)6)14-28(20)29(37)33-21(2)22-11-23(25-15-31-35(7)17-25)13-24(12-22)26-16-32-36(8)18-26/h9-18,21H,19H2,1-8H3,(H,33,37)/t21-/m1/s1. The second-order valence-electron chi connectivity index (χ2n) is 10.8. The summed E-state index contributed by atoms with van der Waals surface area (Å²) in [6, 6.07) is 11.8. The first kappa shape index (κ1) is 27.1. The van der Waals surface area contributed by atoms with Crippen LogP contribution in [0.3, 0.4) is 0 Å². The van der Waals surface area contributed by atoms with Gasteiger partial charge in [0.25, 0.3) is 5.91 Å². The molecule has 0 saturated heterocycles. The van der Waals surface area contributed by atoms with Crippen LogP contribution >= 0.6 is 0 Å². The lowest BCUT2D eigenvalue weighted by molar-refractivity contribution is 0.0937. The highest BCUT2D eigenvalue weighted by atomic mass is 16.5. The summed E-state index contributed by atoms with van der Waals surface area (Å²) in [5, 5.41) is 11.9. The molecule has 0 spiro atoms. The number of likely N-dealkylation sites (N-methyl/N-ethyl adjacent to an activating group) is 1. The molecule has 8 heteroatoms. The van der Waals surface area contributed by atoms with Crippen molar-refractivity contribution in [3.05, 3.63) is 77.9 Å². The van der Waals surface area contributed by atoms with Crippen molar-refractivity contribution in [2.24, 2.45) is 14.1 Å². The van der Waals surface area contributed by atoms with E-state index in [-0.39, 0.29) is 17.5 Å². The molecule has 38 heavy (non-hydrogen) atoms. The lowest BCUT2D eigenvalue weighted by Gasteiger charge is -2.32. The van der Waals surface area contributed by atoms with Gasteiger partial charge in [-0.3, -0.25) is 14.2 Å². The minimum absolute atomic E-state index is 0.132. The molecule has 4 aromatic rings. The number of aryl methyl sites for hydroxylation is 3. The van der Waals surface area contributed by atoms with Gasteiger partial charge in [-0.1, -0.05) is 6.07 Å². The molecular weight excluding hydrogens is 476 g/mol. The van der Waals surface area contributed by atoms with E-state index < -0.39 is 0 Å². The summed E-state index contributed by atoms with van der Waals surface area (Å²) in [4.78, 5) is 15.5. The molecule has 200 valence electrons. The molecule has 0 unspecified atom stereocenters. The fourth-order valence-corrected chi connectivity index (χ4v) is 4.06. The van der Waals surface area contributed by atoms with Crippen molar-refractivity contribution >= 4 is 5.91 Å². The Kier molecular flexibility index (Phi) is 7.73. The van der Waals surface area contributed by atoms with Crippen LogP contribution in [0.25, 0.3) is 22.3 Å². The van der Waals surface area contributed by atoms with Crippen molar-refractivity contribution < 1.29 is 9.53 Å². The molecule has 0 radical (unpaired) electrons. The van der Waals surface area contributed by atoms with Crippen molar-refractivity contribution in [2.75, 3.05) is 20.7 Å². The maximum atomic E-state index is 13.4. The van der Waals surface area contributed by atoms with Crippen LogP contribution in [0, 0.1) is 6.92 Å². The minimum Gasteiger partial charge on any atom is -0.492 e. The zero-order valence-corrected chi connectivity index (χ0v) is 23.6. The van der Waals surface area contributed by atoms with E-state index in [1.807, 2.05) is 85.0 Å². The number of nitrogens with one attached hydrogen (secondary N) is 1. The average molecular weight is 515 g/mol. The van der Waals surface area contributed by atoms with Crippen LogP contribution in [0.15, 0.2) is 61.2 Å². The third kappa shape index (κ3) is 6.14. The summed E-state index contributed by atoms with van der Waals surface area (Å²) in [5.74, 6) is 0.544. The summed E-state index contributed by atoms with van der Waals surface area (Å²) < 4.78 is 9.64. The molecule has 1 atom stereocenters. The SMILES string of the molecule is Cc1ccc(OCC(C)(C)N(C)C)cc1C(=O)N[C@H](C)c1cc(-c2cnn(C)c2)cc(-c2cnn(C)c2)c1. The van der Waals surface area contributed by atoms with E-state index in [0.29, 0.717) is 17.9 Å². The fraction of sp³-hybridized carbons (Fsp3) is 0.367. The monoisotopic (exact) mass is 514 g/mol. The Morgan fingerprint density at radius 1 is 0.974 bits per heavy atom. The van der Waals surface area contributed by atoms with Crippen LogP contribution in [0.4, 0.5) is 0 Å². The maximum absolute atomic E-state index is 13.4. The summed E-state index contributed by atoms with van der Waals surface area (Å²) in [7, 11) is 7.86. The molecule has 2 heterocycles. The molecule has 0 aliphatic heterocycles. The number of amides is 1. The summed E-state index contributed by atoms with van der Waals surface area (Å²) in [5.41, 5.74) is 6.46. The second-order valence-corrected chi connectivity index (χ2v) is 10.8. The Bertz CT molecular complexity index is 1370. The molecular formula is C30H38N6O2. The largest absolute Gasteiger partial charge is 0.492 e. The lowest BCUT2D eigenvalue weighted by Crippen LogP contribution is -2.43. The van der Waals surface area contributed by atoms with Gasteiger partial charge in [0.05, 0.1) is 18.4 Å². The Morgan fingerprint density at radius 2 is 1.55 bits per heavy atom. The van der Waals surface area contributed by atoms with Crippen molar-refractivity contribution in [3.8, 4) is 28.0 Å². The number of nitrogens with zero attached hydrogens (tertiary/aromatic N) is 5. The van der Waals surface area contributed by atoms with Crippen molar-refractivity contribution in [3.63, 3.8) is 0 Å². The molecule has 8 nitrogen and oxygen atoms in total. The van der Waals surface area contributed by atoms with Gasteiger partial charge in [-0.15, -0.1) is 0 Å². The van der Waals surface area contributed by atoms with Crippen LogP contribution in [0.5, 0.6) is 5.75 Å². The maximum Gasteiger partial charge on any atom is 0.252 e. The molecule has 4 rings (SSSR count). The molecule has 2 aromatic carbocycles. The quantitative estimate of drug-likeness (QED) is 0.340. The van der Waals surface area contributed by atoms with Crippen molar-refractivity contribution in [1.82, 2.24) is 29.8 Å². The number of ether oxygens (including phenoxy) is 1. The van der Waals surface area contributed by atoms with Crippen LogP contribution in [0.2, 0.25) is 0 Å². The summed E-state index contributed by atoms with van der Waals surface area (Å²) >= 11 is 0. The molecule has 1 amide bonds. The van der Waals surface area contributed by atoms with E-state index in [4.69, 9.17) is 4.74 Å². The van der Waals surface area contributed by atoms with E-state index in [1.165, 1.54) is 0 Å². The van der Waals surface area contributed by atoms with Crippen LogP contribution < -0.4 is 10.1 Å². The van der Waals surface area contributed by atoms with Crippen LogP contribution in [-0.2, 0) is 14.1 Å². The van der Waals surface area contributed by atoms with Gasteiger partial charge in [0.1, 0.15) is 12.4 Å². The smallest absolute Gasteiger partial charge is 0.252 e. The second kappa shape index (κ2) is 10.8. The predicted octanol–water partition coefficient (Wildman–Crippen LogP) is 5.01. The number of benzene rings is 2. The molecule has 0 bridgehead atoms. The van der Waals surface area contributed by atoms with Gasteiger partial charge in [-0.25, -0.2) is 0 Å². The van der Waals surface area contributed by atoms with Crippen LogP contribution in [0.1, 0.15) is 48.3 Å². The molecule has 0 saturated carbocycles. The van der Waals surface area contributed by atoms with Gasteiger partial charge in [-0.05, 0) is 94.4 Å². The van der Waals surface area contributed by atoms with E-state index in [9.17, 15) is 4.79 Å². The Balaban J connectivity index is 1.59. The zero-order chi connectivity index (χ0) is 27.6. The zero-order valence-electron chi connectivity index (χ0n) is 23.6. The number of hydrogen-bond donors (Lipinski definition) is 1. The molecule has 1 N–H and O–H groups in total. The van der Waals surface area contributed by atoms with E-state index >= 15 is 0 Å². The van der Waals surface area contributed by atoms with Crippen LogP contribution in [-0.4, -0.2) is 56.6 Å². The average Bonchev–Trinajstić information content (AvgIpc) is 3.51. The normalized spacial score (nSPS) is 12.6. The highest BCUT2D eigenvalue weighted by Gasteiger charge is 2.22. The third-order valence-corrected chi connectivity index (χ3v) is 7.14. The number of rotatable bonds is 9. The molecule has 0 aliphatic carbocycles. The Labute approximate surface area is 225 Å². The Morgan fingerprint density at radius 3 is 2.05 bits per heavy atom. The number of carbonyl (C=O) groups excluding carboxylic acids is 1. The lowest BCUT2D eigenvalue weighted by atomic mass is 9.96. The van der Waals surface area contributed by atoms with E-state index in [0.717, 1.165) is 33.4 Å². The topological polar surface area (TPSA) is 77.2 Å². The first-order valence-corrected chi connectivity index (χ1v) is 12.8. The Hall–Kier alpha value is -3.91.